The molecule has 84 valence electrons. The highest BCUT2D eigenvalue weighted by Crippen LogP contribution is 2.22. The van der Waals surface area contributed by atoms with Gasteiger partial charge in [-0.1, -0.05) is 24.6 Å². The molecular formula is C11H17ClN2O. The second-order valence-electron chi connectivity index (χ2n) is 3.50. The maximum atomic E-state index is 9.80. The maximum Gasteiger partial charge on any atom is 0.0915 e. The Balaban J connectivity index is 2.57. The predicted molar refractivity (Wildman–Crippen MR) is 64.0 cm³/mol. The minimum atomic E-state index is -0.531. The number of anilines is 1. The molecule has 3 nitrogen and oxygen atoms in total. The number of nitrogen functional groups attached to an aromatic ring is 1. The quantitative estimate of drug-likeness (QED) is 0.534. The first-order chi connectivity index (χ1) is 7.15. The molecule has 15 heavy (non-hydrogen) atoms. The van der Waals surface area contributed by atoms with Crippen LogP contribution in [0, 0.1) is 0 Å². The summed E-state index contributed by atoms with van der Waals surface area (Å²) >= 11 is 5.79. The molecule has 0 aliphatic rings. The average Bonchev–Trinajstić information content (AvgIpc) is 2.22. The van der Waals surface area contributed by atoms with Crippen molar-refractivity contribution in [2.24, 2.45) is 0 Å². The fraction of sp³-hybridized carbons (Fsp3) is 0.455. The monoisotopic (exact) mass is 228 g/mol. The van der Waals surface area contributed by atoms with Gasteiger partial charge in [-0.15, -0.1) is 0 Å². The third-order valence-electron chi connectivity index (χ3n) is 2.17. The molecule has 1 atom stereocenters. The number of nitrogens with one attached hydrogen (secondary N) is 1. The van der Waals surface area contributed by atoms with E-state index < -0.39 is 6.10 Å². The Morgan fingerprint density at radius 3 is 2.87 bits per heavy atom. The van der Waals surface area contributed by atoms with Crippen LogP contribution < -0.4 is 11.1 Å². The first-order valence-electron chi connectivity index (χ1n) is 5.09. The summed E-state index contributed by atoms with van der Waals surface area (Å²) in [5, 5.41) is 13.5. The van der Waals surface area contributed by atoms with Crippen LogP contribution in [0.15, 0.2) is 18.2 Å². The van der Waals surface area contributed by atoms with Crippen molar-refractivity contribution in [3.63, 3.8) is 0 Å². The minimum Gasteiger partial charge on any atom is -0.398 e. The van der Waals surface area contributed by atoms with E-state index in [0.717, 1.165) is 18.5 Å². The van der Waals surface area contributed by atoms with E-state index in [0.29, 0.717) is 17.3 Å². The van der Waals surface area contributed by atoms with Gasteiger partial charge >= 0.3 is 0 Å². The number of hydrogen-bond acceptors (Lipinski definition) is 3. The first-order valence-corrected chi connectivity index (χ1v) is 5.46. The highest BCUT2D eigenvalue weighted by molar-refractivity contribution is 6.33. The molecule has 0 spiro atoms. The van der Waals surface area contributed by atoms with Gasteiger partial charge in [0, 0.05) is 6.54 Å². The Morgan fingerprint density at radius 1 is 1.53 bits per heavy atom. The molecule has 4 N–H and O–H groups in total. The Bertz CT molecular complexity index is 317. The summed E-state index contributed by atoms with van der Waals surface area (Å²) in [4.78, 5) is 0. The van der Waals surface area contributed by atoms with Crippen LogP contribution in [0.4, 0.5) is 5.69 Å². The number of nitrogens with two attached hydrogens (primary N) is 1. The molecule has 0 aliphatic carbocycles. The molecule has 0 fully saturated rings. The summed E-state index contributed by atoms with van der Waals surface area (Å²) in [6.07, 6.45) is 0.520. The number of rotatable bonds is 5. The van der Waals surface area contributed by atoms with Crippen molar-refractivity contribution in [2.75, 3.05) is 18.8 Å². The van der Waals surface area contributed by atoms with Crippen LogP contribution in [-0.4, -0.2) is 18.2 Å². The second kappa shape index (κ2) is 5.95. The van der Waals surface area contributed by atoms with E-state index >= 15 is 0 Å². The van der Waals surface area contributed by atoms with E-state index in [1.807, 2.05) is 0 Å². The van der Waals surface area contributed by atoms with Crippen molar-refractivity contribution in [3.05, 3.63) is 28.8 Å². The zero-order valence-electron chi connectivity index (χ0n) is 8.83. The molecule has 1 rings (SSSR count). The number of hydrogen-bond donors (Lipinski definition) is 3. The maximum absolute atomic E-state index is 9.80. The summed E-state index contributed by atoms with van der Waals surface area (Å²) in [5.74, 6) is 0. The Morgan fingerprint density at radius 2 is 2.27 bits per heavy atom. The zero-order valence-corrected chi connectivity index (χ0v) is 9.59. The summed E-state index contributed by atoms with van der Waals surface area (Å²) in [5.41, 5.74) is 6.95. The van der Waals surface area contributed by atoms with Crippen LogP contribution in [-0.2, 0) is 0 Å². The lowest BCUT2D eigenvalue weighted by Gasteiger charge is -2.12. The molecule has 0 bridgehead atoms. The van der Waals surface area contributed by atoms with E-state index in [2.05, 4.69) is 12.2 Å². The van der Waals surface area contributed by atoms with Gasteiger partial charge in [-0.3, -0.25) is 0 Å². The third-order valence-corrected chi connectivity index (χ3v) is 2.51. The van der Waals surface area contributed by atoms with Crippen molar-refractivity contribution >= 4 is 17.3 Å². The summed E-state index contributed by atoms with van der Waals surface area (Å²) in [6, 6.07) is 5.20. The first kappa shape index (κ1) is 12.3. The topological polar surface area (TPSA) is 58.3 Å². The molecule has 0 saturated carbocycles. The molecule has 0 amide bonds. The van der Waals surface area contributed by atoms with Crippen molar-refractivity contribution in [1.82, 2.24) is 5.32 Å². The van der Waals surface area contributed by atoms with Crippen LogP contribution in [0.1, 0.15) is 25.0 Å². The van der Waals surface area contributed by atoms with Gasteiger partial charge in [-0.25, -0.2) is 0 Å². The van der Waals surface area contributed by atoms with Crippen LogP contribution in [0.5, 0.6) is 0 Å². The largest absolute Gasteiger partial charge is 0.398 e. The molecule has 0 radical (unpaired) electrons. The molecule has 4 heteroatoms. The number of aliphatic hydroxyl groups is 1. The Labute approximate surface area is 95.2 Å². The molecular weight excluding hydrogens is 212 g/mol. The van der Waals surface area contributed by atoms with Gasteiger partial charge < -0.3 is 16.2 Å². The van der Waals surface area contributed by atoms with Gasteiger partial charge in [0.05, 0.1) is 16.8 Å². The Kier molecular flexibility index (Phi) is 4.88. The Hall–Kier alpha value is -0.770. The zero-order chi connectivity index (χ0) is 11.3. The third kappa shape index (κ3) is 3.70. The summed E-state index contributed by atoms with van der Waals surface area (Å²) < 4.78 is 0. The van der Waals surface area contributed by atoms with Crippen LogP contribution in [0.3, 0.4) is 0 Å². The summed E-state index contributed by atoms with van der Waals surface area (Å²) in [7, 11) is 0. The molecule has 1 aromatic carbocycles. The van der Waals surface area contributed by atoms with Gasteiger partial charge in [0.25, 0.3) is 0 Å². The average molecular weight is 229 g/mol. The summed E-state index contributed by atoms with van der Waals surface area (Å²) in [6.45, 7) is 3.52. The lowest BCUT2D eigenvalue weighted by molar-refractivity contribution is 0.175. The highest BCUT2D eigenvalue weighted by Gasteiger charge is 2.08. The molecule has 0 aliphatic heterocycles. The van der Waals surface area contributed by atoms with Gasteiger partial charge in [0.1, 0.15) is 0 Å². The smallest absolute Gasteiger partial charge is 0.0915 e. The van der Waals surface area contributed by atoms with Gasteiger partial charge in [-0.2, -0.15) is 0 Å². The molecule has 0 aromatic heterocycles. The highest BCUT2D eigenvalue weighted by atomic mass is 35.5. The van der Waals surface area contributed by atoms with E-state index in [1.165, 1.54) is 0 Å². The molecule has 1 unspecified atom stereocenters. The number of benzene rings is 1. The van der Waals surface area contributed by atoms with E-state index in [1.54, 1.807) is 18.2 Å². The second-order valence-corrected chi connectivity index (χ2v) is 3.91. The normalized spacial score (nSPS) is 12.7. The van der Waals surface area contributed by atoms with Crippen LogP contribution in [0.2, 0.25) is 5.02 Å². The SMILES string of the molecule is CCCNCC(O)c1ccc(Cl)c(N)c1. The van der Waals surface area contributed by atoms with Crippen LogP contribution >= 0.6 is 11.6 Å². The van der Waals surface area contributed by atoms with E-state index in [-0.39, 0.29) is 0 Å². The van der Waals surface area contributed by atoms with Gasteiger partial charge in [0.15, 0.2) is 0 Å². The molecule has 1 aromatic rings. The van der Waals surface area contributed by atoms with Gasteiger partial charge in [0.2, 0.25) is 0 Å². The standard InChI is InChI=1S/C11H17ClN2O/c1-2-5-14-7-11(15)8-3-4-9(12)10(13)6-8/h3-4,6,11,14-15H,2,5,7,13H2,1H3. The van der Waals surface area contributed by atoms with Crippen molar-refractivity contribution in [1.29, 1.82) is 0 Å². The van der Waals surface area contributed by atoms with Crippen LogP contribution in [0.25, 0.3) is 0 Å². The van der Waals surface area contributed by atoms with Gasteiger partial charge in [-0.05, 0) is 30.7 Å². The lowest BCUT2D eigenvalue weighted by atomic mass is 10.1. The lowest BCUT2D eigenvalue weighted by Crippen LogP contribution is -2.22. The number of halogens is 1. The number of aliphatic hydroxyl groups excluding tert-OH is 1. The molecule has 0 saturated heterocycles. The van der Waals surface area contributed by atoms with Crippen molar-refractivity contribution in [2.45, 2.75) is 19.4 Å². The minimum absolute atomic E-state index is 0.503. The predicted octanol–water partition coefficient (Wildman–Crippen LogP) is 1.96. The van der Waals surface area contributed by atoms with Crippen molar-refractivity contribution in [3.8, 4) is 0 Å². The van der Waals surface area contributed by atoms with E-state index in [4.69, 9.17) is 17.3 Å². The molecule has 0 heterocycles. The fourth-order valence-electron chi connectivity index (χ4n) is 1.30. The van der Waals surface area contributed by atoms with E-state index in [9.17, 15) is 5.11 Å². The fourth-order valence-corrected chi connectivity index (χ4v) is 1.42. The van der Waals surface area contributed by atoms with Crippen molar-refractivity contribution < 1.29 is 5.11 Å².